The van der Waals surface area contributed by atoms with Crippen LogP contribution >= 0.6 is 0 Å². The number of nitrogens with two attached hydrogens (primary N) is 1. The summed E-state index contributed by atoms with van der Waals surface area (Å²) in [5.74, 6) is 1.88. The molecule has 182 valence electrons. The van der Waals surface area contributed by atoms with E-state index in [1.165, 1.54) is 11.1 Å². The van der Waals surface area contributed by atoms with Crippen LogP contribution in [0, 0.1) is 0 Å². The largest absolute Gasteiger partial charge is 0.496 e. The van der Waals surface area contributed by atoms with Gasteiger partial charge in [0, 0.05) is 44.0 Å². The van der Waals surface area contributed by atoms with Crippen LogP contribution in [0.5, 0.6) is 5.75 Å². The first-order chi connectivity index (χ1) is 17.0. The third-order valence-electron chi connectivity index (χ3n) is 6.70. The molecule has 4 aromatic rings. The molecule has 1 fully saturated rings. The van der Waals surface area contributed by atoms with E-state index in [1.807, 2.05) is 30.5 Å². The zero-order chi connectivity index (χ0) is 24.4. The molecule has 0 atom stereocenters. The Bertz CT molecular complexity index is 1300. The molecular weight excluding hydrogens is 438 g/mol. The summed E-state index contributed by atoms with van der Waals surface area (Å²) in [5.41, 5.74) is 11.3. The smallest absolute Gasteiger partial charge is 0.222 e. The molecule has 8 heteroatoms. The third kappa shape index (κ3) is 5.08. The van der Waals surface area contributed by atoms with E-state index in [0.29, 0.717) is 19.1 Å². The first-order valence-electron chi connectivity index (χ1n) is 11.9. The number of hydrogen-bond donors (Lipinski definition) is 2. The van der Waals surface area contributed by atoms with Gasteiger partial charge >= 0.3 is 0 Å². The summed E-state index contributed by atoms with van der Waals surface area (Å²) in [6.45, 7) is 4.45. The van der Waals surface area contributed by atoms with Gasteiger partial charge in [0.25, 0.3) is 0 Å². The highest BCUT2D eigenvalue weighted by Gasteiger charge is 2.28. The molecule has 0 bridgehead atoms. The lowest BCUT2D eigenvalue weighted by atomic mass is 10.0. The number of aromatic nitrogens is 3. The highest BCUT2D eigenvalue weighted by Crippen LogP contribution is 2.28. The first kappa shape index (κ1) is 23.1. The molecule has 3 heterocycles. The van der Waals surface area contributed by atoms with Crippen molar-refractivity contribution in [3.05, 3.63) is 77.5 Å². The van der Waals surface area contributed by atoms with Gasteiger partial charge in [-0.25, -0.2) is 4.98 Å². The van der Waals surface area contributed by atoms with Crippen molar-refractivity contribution in [2.24, 2.45) is 0 Å². The van der Waals surface area contributed by atoms with Crippen LogP contribution in [-0.2, 0) is 19.6 Å². The fraction of sp³-hybridized carbons (Fsp3) is 0.333. The Morgan fingerprint density at radius 1 is 1.03 bits per heavy atom. The van der Waals surface area contributed by atoms with Crippen LogP contribution in [0.1, 0.15) is 16.7 Å². The quantitative estimate of drug-likeness (QED) is 0.387. The maximum atomic E-state index is 6.00. The van der Waals surface area contributed by atoms with Gasteiger partial charge in [0.15, 0.2) is 5.82 Å². The van der Waals surface area contributed by atoms with Gasteiger partial charge in [0.1, 0.15) is 11.3 Å². The minimum absolute atomic E-state index is 0.259. The lowest BCUT2D eigenvalue weighted by Gasteiger charge is -2.42. The van der Waals surface area contributed by atoms with E-state index in [0.717, 1.165) is 47.8 Å². The molecule has 0 radical (unpaired) electrons. The second kappa shape index (κ2) is 9.93. The molecule has 2 aromatic heterocycles. The highest BCUT2D eigenvalue weighted by molar-refractivity contribution is 5.87. The van der Waals surface area contributed by atoms with Crippen LogP contribution in [0.15, 0.2) is 60.8 Å². The second-order valence-electron chi connectivity index (χ2n) is 9.40. The summed E-state index contributed by atoms with van der Waals surface area (Å²) in [4.78, 5) is 13.7. The van der Waals surface area contributed by atoms with E-state index in [2.05, 4.69) is 74.1 Å². The Morgan fingerprint density at radius 2 is 1.83 bits per heavy atom. The summed E-state index contributed by atoms with van der Waals surface area (Å²) in [6, 6.07) is 19.4. The summed E-state index contributed by atoms with van der Waals surface area (Å²) < 4.78 is 7.94. The molecule has 3 N–H and O–H groups in total. The number of hydrogen-bond acceptors (Lipinski definition) is 7. The van der Waals surface area contributed by atoms with Crippen LogP contribution in [0.25, 0.3) is 11.0 Å². The highest BCUT2D eigenvalue weighted by atomic mass is 16.5. The van der Waals surface area contributed by atoms with Gasteiger partial charge in [-0.05, 0) is 37.4 Å². The minimum atomic E-state index is 0.259. The molecule has 35 heavy (non-hydrogen) atoms. The van der Waals surface area contributed by atoms with E-state index in [9.17, 15) is 0 Å². The van der Waals surface area contributed by atoms with Crippen LogP contribution in [0.2, 0.25) is 0 Å². The summed E-state index contributed by atoms with van der Waals surface area (Å²) in [5, 5.41) is 3.45. The number of benzene rings is 2. The maximum Gasteiger partial charge on any atom is 0.222 e. The Kier molecular flexibility index (Phi) is 6.57. The van der Waals surface area contributed by atoms with Crippen LogP contribution in [-0.4, -0.2) is 64.7 Å². The van der Waals surface area contributed by atoms with Crippen molar-refractivity contribution in [2.45, 2.75) is 25.7 Å². The Hall–Kier alpha value is -3.62. The first-order valence-corrected chi connectivity index (χ1v) is 11.9. The molecule has 2 aromatic carbocycles. The molecule has 0 unspecified atom stereocenters. The number of ether oxygens (including phenoxy) is 1. The van der Waals surface area contributed by atoms with Crippen LogP contribution in [0.4, 0.5) is 11.8 Å². The average Bonchev–Trinajstić information content (AvgIpc) is 3.23. The molecule has 1 aliphatic heterocycles. The Balaban J connectivity index is 1.36. The average molecular weight is 472 g/mol. The van der Waals surface area contributed by atoms with Gasteiger partial charge in [-0.15, -0.1) is 0 Å². The van der Waals surface area contributed by atoms with Crippen molar-refractivity contribution in [1.29, 1.82) is 0 Å². The monoisotopic (exact) mass is 471 g/mol. The number of likely N-dealkylation sites (tertiary alicyclic amines) is 1. The number of nitrogens with one attached hydrogen (secondary N) is 1. The molecule has 0 spiro atoms. The molecule has 5 rings (SSSR count). The summed E-state index contributed by atoms with van der Waals surface area (Å²) >= 11 is 0. The SMILES string of the molecule is COc1cc(CN2CC(N(C)C)C2)ccc1Cn1ccc2nc(N)nc(NCc3ccccc3)c21. The number of methoxy groups -OCH3 is 1. The second-order valence-corrected chi connectivity index (χ2v) is 9.40. The minimum Gasteiger partial charge on any atom is -0.496 e. The van der Waals surface area contributed by atoms with Crippen molar-refractivity contribution >= 4 is 22.8 Å². The summed E-state index contributed by atoms with van der Waals surface area (Å²) in [6.07, 6.45) is 2.03. The van der Waals surface area contributed by atoms with E-state index in [1.54, 1.807) is 7.11 Å². The van der Waals surface area contributed by atoms with Crippen molar-refractivity contribution < 1.29 is 4.74 Å². The van der Waals surface area contributed by atoms with Crippen LogP contribution in [0.3, 0.4) is 0 Å². The lowest BCUT2D eigenvalue weighted by molar-refractivity contribution is 0.0573. The molecule has 0 amide bonds. The zero-order valence-electron chi connectivity index (χ0n) is 20.6. The molecule has 0 saturated carbocycles. The molecular formula is C27H33N7O. The van der Waals surface area contributed by atoms with Gasteiger partial charge < -0.3 is 25.3 Å². The number of nitrogen functional groups attached to an aromatic ring is 1. The third-order valence-corrected chi connectivity index (χ3v) is 6.70. The van der Waals surface area contributed by atoms with Gasteiger partial charge in [-0.1, -0.05) is 42.5 Å². The van der Waals surface area contributed by atoms with Gasteiger partial charge in [-0.3, -0.25) is 4.90 Å². The van der Waals surface area contributed by atoms with Gasteiger partial charge in [-0.2, -0.15) is 4.98 Å². The van der Waals surface area contributed by atoms with E-state index >= 15 is 0 Å². The number of fused-ring (bicyclic) bond motifs is 1. The van der Waals surface area contributed by atoms with Crippen molar-refractivity contribution in [1.82, 2.24) is 24.3 Å². The maximum absolute atomic E-state index is 6.00. The van der Waals surface area contributed by atoms with E-state index < -0.39 is 0 Å². The van der Waals surface area contributed by atoms with Gasteiger partial charge in [0.2, 0.25) is 5.95 Å². The normalized spacial score (nSPS) is 14.4. The zero-order valence-corrected chi connectivity index (χ0v) is 20.6. The topological polar surface area (TPSA) is 84.5 Å². The van der Waals surface area contributed by atoms with E-state index in [-0.39, 0.29) is 5.95 Å². The number of nitrogens with zero attached hydrogens (tertiary/aromatic N) is 5. The number of rotatable bonds is 9. The predicted molar refractivity (Wildman–Crippen MR) is 141 cm³/mol. The predicted octanol–water partition coefficient (Wildman–Crippen LogP) is 3.43. The Morgan fingerprint density at radius 3 is 2.57 bits per heavy atom. The van der Waals surface area contributed by atoms with Crippen molar-refractivity contribution in [3.63, 3.8) is 0 Å². The Labute approximate surface area is 206 Å². The van der Waals surface area contributed by atoms with Crippen molar-refractivity contribution in [3.8, 4) is 5.75 Å². The van der Waals surface area contributed by atoms with E-state index in [4.69, 9.17) is 10.5 Å². The number of anilines is 2. The van der Waals surface area contributed by atoms with Crippen molar-refractivity contribution in [2.75, 3.05) is 45.3 Å². The molecule has 8 nitrogen and oxygen atoms in total. The fourth-order valence-corrected chi connectivity index (χ4v) is 4.62. The molecule has 1 saturated heterocycles. The van der Waals surface area contributed by atoms with Gasteiger partial charge in [0.05, 0.1) is 19.2 Å². The summed E-state index contributed by atoms with van der Waals surface area (Å²) in [7, 11) is 6.03. The fourth-order valence-electron chi connectivity index (χ4n) is 4.62. The standard InChI is InChI=1S/C27H33N7O/c1-32(2)22-17-33(18-22)15-20-9-10-21(24(13-20)35-3)16-34-12-11-23-25(34)26(31-27(28)30-23)29-14-19-7-5-4-6-8-19/h4-13,22H,14-18H2,1-3H3,(H3,28,29,30,31). The molecule has 1 aliphatic rings. The number of likely N-dealkylation sites (N-methyl/N-ethyl adjacent to an activating group) is 1. The van der Waals surface area contributed by atoms with Crippen LogP contribution < -0.4 is 15.8 Å². The molecule has 0 aliphatic carbocycles. The lowest BCUT2D eigenvalue weighted by Crippen LogP contribution is -2.56.